The predicted molar refractivity (Wildman–Crippen MR) is 167 cm³/mol. The second-order valence-corrected chi connectivity index (χ2v) is 10.9. The lowest BCUT2D eigenvalue weighted by Crippen LogP contribution is -2.37. The lowest BCUT2D eigenvalue weighted by Gasteiger charge is -2.20. The molecule has 2 aromatic heterocycles. The number of rotatable bonds is 11. The fourth-order valence-electron chi connectivity index (χ4n) is 4.58. The van der Waals surface area contributed by atoms with Gasteiger partial charge in [-0.1, -0.05) is 18.2 Å². The Labute approximate surface area is 259 Å². The minimum atomic E-state index is -1.24. The Bertz CT molecular complexity index is 1780. The normalized spacial score (nSPS) is 11.9. The van der Waals surface area contributed by atoms with Gasteiger partial charge in [0.05, 0.1) is 6.54 Å². The van der Waals surface area contributed by atoms with Crippen molar-refractivity contribution < 1.29 is 27.9 Å². The third-order valence-electron chi connectivity index (χ3n) is 7.01. The van der Waals surface area contributed by atoms with Crippen LogP contribution in [0.3, 0.4) is 0 Å². The molecule has 236 valence electrons. The van der Waals surface area contributed by atoms with Gasteiger partial charge in [0.1, 0.15) is 17.3 Å². The molecule has 0 saturated heterocycles. The average molecular weight is 620 g/mol. The van der Waals surface area contributed by atoms with Crippen molar-refractivity contribution in [3.05, 3.63) is 112 Å². The van der Waals surface area contributed by atoms with Crippen molar-refractivity contribution >= 4 is 34.5 Å². The number of anilines is 1. The number of benzene rings is 2. The van der Waals surface area contributed by atoms with Crippen molar-refractivity contribution in [3.63, 3.8) is 0 Å². The number of ether oxygens (including phenoxy) is 1. The van der Waals surface area contributed by atoms with Crippen LogP contribution in [0.5, 0.6) is 0 Å². The molecule has 0 aliphatic carbocycles. The molecule has 0 aliphatic rings. The Hall–Kier alpha value is -5.26. The van der Waals surface area contributed by atoms with Gasteiger partial charge in [0.15, 0.2) is 6.10 Å². The Kier molecular flexibility index (Phi) is 10.5. The zero-order chi connectivity index (χ0) is 32.7. The average Bonchev–Trinajstić information content (AvgIpc) is 3.32. The van der Waals surface area contributed by atoms with E-state index >= 15 is 0 Å². The van der Waals surface area contributed by atoms with Gasteiger partial charge in [0.2, 0.25) is 5.91 Å². The summed E-state index contributed by atoms with van der Waals surface area (Å²) < 4.78 is 36.3. The molecule has 45 heavy (non-hydrogen) atoms. The van der Waals surface area contributed by atoms with Gasteiger partial charge in [-0.15, -0.1) is 0 Å². The SMILES string of the molecule is CN(C)C(=O)/C=C/CCC(OC(=O)N(C)C)C(=O)Nc1cccn(Cc2cc3cc(F)ccc3n2Cc2ccc(F)cc2)c1=O. The van der Waals surface area contributed by atoms with Gasteiger partial charge < -0.3 is 29.0 Å². The fourth-order valence-corrected chi connectivity index (χ4v) is 4.58. The highest BCUT2D eigenvalue weighted by Gasteiger charge is 2.24. The second-order valence-electron chi connectivity index (χ2n) is 10.9. The van der Waals surface area contributed by atoms with Crippen LogP contribution in [0.1, 0.15) is 24.1 Å². The quantitative estimate of drug-likeness (QED) is 0.247. The van der Waals surface area contributed by atoms with Crippen LogP contribution in [0, 0.1) is 11.6 Å². The van der Waals surface area contributed by atoms with E-state index in [-0.39, 0.29) is 36.8 Å². The maximum atomic E-state index is 14.1. The van der Waals surface area contributed by atoms with Crippen molar-refractivity contribution in [3.8, 4) is 0 Å². The summed E-state index contributed by atoms with van der Waals surface area (Å²) in [7, 11) is 6.18. The van der Waals surface area contributed by atoms with Crippen LogP contribution in [0.25, 0.3) is 10.9 Å². The van der Waals surface area contributed by atoms with E-state index in [2.05, 4.69) is 5.32 Å². The largest absolute Gasteiger partial charge is 0.436 e. The van der Waals surface area contributed by atoms with Crippen molar-refractivity contribution in [2.45, 2.75) is 32.0 Å². The molecule has 0 fully saturated rings. The number of amides is 3. The van der Waals surface area contributed by atoms with E-state index in [1.165, 1.54) is 64.9 Å². The van der Waals surface area contributed by atoms with Gasteiger partial charge in [-0.3, -0.25) is 14.4 Å². The van der Waals surface area contributed by atoms with Gasteiger partial charge >= 0.3 is 6.09 Å². The van der Waals surface area contributed by atoms with Crippen LogP contribution in [0.4, 0.5) is 19.3 Å². The molecule has 10 nitrogen and oxygen atoms in total. The van der Waals surface area contributed by atoms with E-state index in [1.807, 2.05) is 4.57 Å². The summed E-state index contributed by atoms with van der Waals surface area (Å²) in [6.45, 7) is 0.438. The number of nitrogens with one attached hydrogen (secondary N) is 1. The Morgan fingerprint density at radius 3 is 2.33 bits per heavy atom. The van der Waals surface area contributed by atoms with Crippen LogP contribution in [-0.4, -0.2) is 71.1 Å². The smallest absolute Gasteiger partial charge is 0.410 e. The molecular formula is C33H35F2N5O5. The third-order valence-corrected chi connectivity index (χ3v) is 7.01. The molecule has 1 atom stereocenters. The van der Waals surface area contributed by atoms with Gasteiger partial charge in [-0.25, -0.2) is 13.6 Å². The van der Waals surface area contributed by atoms with Crippen LogP contribution >= 0.6 is 0 Å². The summed E-state index contributed by atoms with van der Waals surface area (Å²) in [6, 6.07) is 15.3. The summed E-state index contributed by atoms with van der Waals surface area (Å²) in [6.07, 6.45) is 2.87. The Morgan fingerprint density at radius 2 is 1.64 bits per heavy atom. The lowest BCUT2D eigenvalue weighted by atomic mass is 10.1. The summed E-state index contributed by atoms with van der Waals surface area (Å²) in [5, 5.41) is 3.22. The van der Waals surface area contributed by atoms with E-state index in [9.17, 15) is 28.0 Å². The number of nitrogens with zero attached hydrogens (tertiary/aromatic N) is 4. The van der Waals surface area contributed by atoms with Gasteiger partial charge in [0.25, 0.3) is 11.5 Å². The first-order valence-corrected chi connectivity index (χ1v) is 14.2. The van der Waals surface area contributed by atoms with Crippen molar-refractivity contribution in [2.24, 2.45) is 0 Å². The first-order valence-electron chi connectivity index (χ1n) is 14.2. The summed E-state index contributed by atoms with van der Waals surface area (Å²) in [5.74, 6) is -1.70. The van der Waals surface area contributed by atoms with Crippen LogP contribution in [0.15, 0.2) is 83.8 Å². The highest BCUT2D eigenvalue weighted by molar-refractivity contribution is 5.95. The Balaban J connectivity index is 1.58. The summed E-state index contributed by atoms with van der Waals surface area (Å²) in [5.41, 5.74) is 1.69. The van der Waals surface area contributed by atoms with E-state index < -0.39 is 29.5 Å². The fraction of sp³-hybridized carbons (Fsp3) is 0.273. The molecule has 4 rings (SSSR count). The number of likely N-dealkylation sites (N-methyl/N-ethyl adjacent to an activating group) is 1. The minimum Gasteiger partial charge on any atom is -0.436 e. The number of carbonyl (C=O) groups is 3. The maximum Gasteiger partial charge on any atom is 0.410 e. The highest BCUT2D eigenvalue weighted by atomic mass is 19.1. The molecule has 1 N–H and O–H groups in total. The topological polar surface area (TPSA) is 106 Å². The number of allylic oxidation sites excluding steroid dienone is 1. The molecule has 3 amide bonds. The zero-order valence-corrected chi connectivity index (χ0v) is 25.5. The second kappa shape index (κ2) is 14.5. The van der Waals surface area contributed by atoms with Crippen LogP contribution in [-0.2, 0) is 27.4 Å². The lowest BCUT2D eigenvalue weighted by molar-refractivity contribution is -0.125. The standard InChI is InChI=1S/C33H35F2N5O5/c1-37(2)30(41)10-6-5-9-29(45-33(44)38(3)4)31(42)36-27-8-7-17-39(32(27)43)21-26-19-23-18-25(35)15-16-28(23)40(26)20-22-11-13-24(34)14-12-22/h6-8,10-19,29H,5,9,20-21H2,1-4H3,(H,36,42)/b10-6+. The summed E-state index contributed by atoms with van der Waals surface area (Å²) >= 11 is 0. The maximum absolute atomic E-state index is 14.1. The van der Waals surface area contributed by atoms with Crippen molar-refractivity contribution in [1.29, 1.82) is 0 Å². The van der Waals surface area contributed by atoms with E-state index in [0.717, 1.165) is 11.1 Å². The first-order chi connectivity index (χ1) is 21.4. The molecule has 4 aromatic rings. The molecule has 0 aliphatic heterocycles. The van der Waals surface area contributed by atoms with Crippen molar-refractivity contribution in [1.82, 2.24) is 18.9 Å². The highest BCUT2D eigenvalue weighted by Crippen LogP contribution is 2.23. The van der Waals surface area contributed by atoms with E-state index in [4.69, 9.17) is 4.74 Å². The van der Waals surface area contributed by atoms with Crippen LogP contribution < -0.4 is 10.9 Å². The molecule has 2 aromatic carbocycles. The summed E-state index contributed by atoms with van der Waals surface area (Å²) in [4.78, 5) is 53.4. The number of aromatic nitrogens is 2. The third kappa shape index (κ3) is 8.43. The molecule has 0 spiro atoms. The number of carbonyl (C=O) groups excluding carboxylic acids is 3. The molecular weight excluding hydrogens is 584 g/mol. The molecule has 0 radical (unpaired) electrons. The van der Waals surface area contributed by atoms with Gasteiger partial charge in [0, 0.05) is 57.5 Å². The number of pyridine rings is 1. The predicted octanol–water partition coefficient (Wildman–Crippen LogP) is 4.61. The number of fused-ring (bicyclic) bond motifs is 1. The number of hydrogen-bond acceptors (Lipinski definition) is 5. The van der Waals surface area contributed by atoms with Gasteiger partial charge in [-0.2, -0.15) is 0 Å². The Morgan fingerprint density at radius 1 is 0.933 bits per heavy atom. The molecule has 1 unspecified atom stereocenters. The monoisotopic (exact) mass is 619 g/mol. The number of hydrogen-bond donors (Lipinski definition) is 1. The molecule has 0 saturated carbocycles. The van der Waals surface area contributed by atoms with Crippen LogP contribution in [0.2, 0.25) is 0 Å². The first kappa shape index (κ1) is 32.6. The number of halogens is 2. The minimum absolute atomic E-state index is 0.0287. The molecule has 12 heteroatoms. The van der Waals surface area contributed by atoms with E-state index in [1.54, 1.807) is 56.7 Å². The van der Waals surface area contributed by atoms with Crippen molar-refractivity contribution in [2.75, 3.05) is 33.5 Å². The molecule has 0 bridgehead atoms. The van der Waals surface area contributed by atoms with E-state index in [0.29, 0.717) is 17.6 Å². The zero-order valence-electron chi connectivity index (χ0n) is 25.5. The van der Waals surface area contributed by atoms with Gasteiger partial charge in [-0.05, 0) is 73.0 Å². The molecule has 2 heterocycles.